The number of nitrogens with two attached hydrogens (primary N) is 1. The molecular formula is C7H7N3O2. The third kappa shape index (κ3) is 2.05. The second-order valence-corrected chi connectivity index (χ2v) is 2.13. The van der Waals surface area contributed by atoms with Crippen LogP contribution >= 0.6 is 0 Å². The molecule has 0 bridgehead atoms. The van der Waals surface area contributed by atoms with Gasteiger partial charge in [-0.15, -0.1) is 4.91 Å². The number of nitroso groups, excluding NO2 is 1. The fraction of sp³-hybridized carbons (Fsp3) is 0. The highest BCUT2D eigenvalue weighted by atomic mass is 16.3. The van der Waals surface area contributed by atoms with Gasteiger partial charge in [-0.25, -0.2) is 4.79 Å². The van der Waals surface area contributed by atoms with Crippen molar-refractivity contribution in [2.45, 2.75) is 0 Å². The van der Waals surface area contributed by atoms with E-state index in [1.807, 2.05) is 0 Å². The molecule has 0 radical (unpaired) electrons. The first kappa shape index (κ1) is 8.19. The minimum atomic E-state index is -0.668. The molecule has 5 heteroatoms. The predicted molar refractivity (Wildman–Crippen MR) is 45.1 cm³/mol. The van der Waals surface area contributed by atoms with Gasteiger partial charge in [0.1, 0.15) is 5.69 Å². The molecule has 0 fully saturated rings. The number of urea groups is 1. The second-order valence-electron chi connectivity index (χ2n) is 2.13. The van der Waals surface area contributed by atoms with Crippen LogP contribution < -0.4 is 11.1 Å². The Bertz CT molecular complexity index is 311. The molecule has 0 unspecified atom stereocenters. The van der Waals surface area contributed by atoms with Gasteiger partial charge in [0, 0.05) is 5.69 Å². The van der Waals surface area contributed by atoms with E-state index in [0.29, 0.717) is 5.69 Å². The van der Waals surface area contributed by atoms with E-state index in [9.17, 15) is 9.70 Å². The molecule has 2 amide bonds. The molecule has 0 aliphatic heterocycles. The first-order chi connectivity index (χ1) is 5.72. The van der Waals surface area contributed by atoms with Crippen molar-refractivity contribution in [3.05, 3.63) is 29.2 Å². The average Bonchev–Trinajstić information content (AvgIpc) is 2.03. The zero-order valence-electron chi connectivity index (χ0n) is 6.15. The molecule has 62 valence electrons. The quantitative estimate of drug-likeness (QED) is 0.652. The van der Waals surface area contributed by atoms with Gasteiger partial charge < -0.3 is 11.1 Å². The molecule has 0 spiro atoms. The fourth-order valence-electron chi connectivity index (χ4n) is 0.783. The fourth-order valence-corrected chi connectivity index (χ4v) is 0.783. The van der Waals surface area contributed by atoms with Crippen LogP contribution in [0.25, 0.3) is 0 Å². The van der Waals surface area contributed by atoms with Crippen molar-refractivity contribution >= 4 is 17.4 Å². The van der Waals surface area contributed by atoms with E-state index in [-0.39, 0.29) is 5.69 Å². The molecule has 0 saturated heterocycles. The topological polar surface area (TPSA) is 84.6 Å². The Labute approximate surface area is 68.5 Å². The number of hydrogen-bond donors (Lipinski definition) is 2. The van der Waals surface area contributed by atoms with Gasteiger partial charge >= 0.3 is 6.03 Å². The number of hydrogen-bond acceptors (Lipinski definition) is 3. The molecule has 1 rings (SSSR count). The minimum Gasteiger partial charge on any atom is -0.351 e. The number of anilines is 1. The number of rotatable bonds is 2. The molecule has 5 nitrogen and oxygen atoms in total. The van der Waals surface area contributed by atoms with Crippen LogP contribution in [-0.2, 0) is 0 Å². The van der Waals surface area contributed by atoms with E-state index in [1.54, 1.807) is 12.1 Å². The smallest absolute Gasteiger partial charge is 0.316 e. The summed E-state index contributed by atoms with van der Waals surface area (Å²) < 4.78 is 0. The van der Waals surface area contributed by atoms with Crippen molar-refractivity contribution in [3.63, 3.8) is 0 Å². The molecule has 0 aliphatic rings. The van der Waals surface area contributed by atoms with Gasteiger partial charge in [-0.05, 0) is 23.4 Å². The van der Waals surface area contributed by atoms with E-state index in [1.165, 1.54) is 12.1 Å². The third-order valence-corrected chi connectivity index (χ3v) is 1.22. The molecule has 3 N–H and O–H groups in total. The molecule has 12 heavy (non-hydrogen) atoms. The van der Waals surface area contributed by atoms with E-state index < -0.39 is 6.03 Å². The van der Waals surface area contributed by atoms with Gasteiger partial charge in [0.2, 0.25) is 0 Å². The summed E-state index contributed by atoms with van der Waals surface area (Å²) in [5.74, 6) is 0. The molecule has 0 aromatic heterocycles. The summed E-state index contributed by atoms with van der Waals surface area (Å²) in [5, 5.41) is 5.02. The van der Waals surface area contributed by atoms with E-state index in [4.69, 9.17) is 5.73 Å². The number of primary amides is 1. The summed E-state index contributed by atoms with van der Waals surface area (Å²) in [6.07, 6.45) is 0. The van der Waals surface area contributed by atoms with Crippen LogP contribution in [0.4, 0.5) is 16.2 Å². The Morgan fingerprint density at radius 2 is 2.25 bits per heavy atom. The molecule has 1 aromatic rings. The lowest BCUT2D eigenvalue weighted by molar-refractivity contribution is 0.259. The summed E-state index contributed by atoms with van der Waals surface area (Å²) in [5.41, 5.74) is 5.57. The largest absolute Gasteiger partial charge is 0.351 e. The highest BCUT2D eigenvalue weighted by Gasteiger charge is 1.96. The predicted octanol–water partition coefficient (Wildman–Crippen LogP) is 1.58. The zero-order chi connectivity index (χ0) is 8.97. The van der Waals surface area contributed by atoms with Gasteiger partial charge in [0.25, 0.3) is 0 Å². The maximum absolute atomic E-state index is 10.4. The van der Waals surface area contributed by atoms with Gasteiger partial charge in [0.15, 0.2) is 0 Å². The lowest BCUT2D eigenvalue weighted by Gasteiger charge is -1.99. The zero-order valence-corrected chi connectivity index (χ0v) is 6.15. The van der Waals surface area contributed by atoms with Crippen LogP contribution in [0.3, 0.4) is 0 Å². The monoisotopic (exact) mass is 165 g/mol. The highest BCUT2D eigenvalue weighted by Crippen LogP contribution is 2.16. The molecule has 0 saturated carbocycles. The van der Waals surface area contributed by atoms with Crippen LogP contribution in [0, 0.1) is 4.91 Å². The SMILES string of the molecule is NC(=O)Nc1cccc(N=O)c1. The summed E-state index contributed by atoms with van der Waals surface area (Å²) >= 11 is 0. The number of carbonyl (C=O) groups excluding carboxylic acids is 1. The Balaban J connectivity index is 2.86. The van der Waals surface area contributed by atoms with Crippen molar-refractivity contribution in [2.75, 3.05) is 5.32 Å². The van der Waals surface area contributed by atoms with Crippen LogP contribution in [-0.4, -0.2) is 6.03 Å². The van der Waals surface area contributed by atoms with Crippen molar-refractivity contribution in [1.82, 2.24) is 0 Å². The van der Waals surface area contributed by atoms with E-state index >= 15 is 0 Å². The molecule has 0 heterocycles. The standard InChI is InChI=1S/C7H7N3O2/c8-7(11)9-5-2-1-3-6(4-5)10-12/h1-4H,(H3,8,9,11). The summed E-state index contributed by atoms with van der Waals surface area (Å²) in [6, 6.07) is 5.50. The molecule has 0 atom stereocenters. The maximum atomic E-state index is 10.4. The minimum absolute atomic E-state index is 0.251. The third-order valence-electron chi connectivity index (χ3n) is 1.22. The first-order valence-corrected chi connectivity index (χ1v) is 3.22. The van der Waals surface area contributed by atoms with Crippen LogP contribution in [0.2, 0.25) is 0 Å². The van der Waals surface area contributed by atoms with Gasteiger partial charge in [-0.2, -0.15) is 0 Å². The van der Waals surface area contributed by atoms with E-state index in [0.717, 1.165) is 0 Å². The lowest BCUT2D eigenvalue weighted by Crippen LogP contribution is -2.18. The summed E-state index contributed by atoms with van der Waals surface area (Å²) in [7, 11) is 0. The molecule has 0 aliphatic carbocycles. The Morgan fingerprint density at radius 1 is 1.50 bits per heavy atom. The number of nitrogens with one attached hydrogen (secondary N) is 1. The van der Waals surface area contributed by atoms with Gasteiger partial charge in [-0.1, -0.05) is 6.07 Å². The number of nitrogens with zero attached hydrogens (tertiary/aromatic N) is 1. The number of amides is 2. The lowest BCUT2D eigenvalue weighted by atomic mass is 10.3. The second kappa shape index (κ2) is 3.47. The number of carbonyl (C=O) groups is 1. The Hall–Kier alpha value is -1.91. The maximum Gasteiger partial charge on any atom is 0.316 e. The average molecular weight is 165 g/mol. The highest BCUT2D eigenvalue weighted by molar-refractivity contribution is 5.88. The summed E-state index contributed by atoms with van der Waals surface area (Å²) in [4.78, 5) is 20.4. The van der Waals surface area contributed by atoms with Crippen molar-refractivity contribution in [2.24, 2.45) is 10.9 Å². The van der Waals surface area contributed by atoms with Crippen molar-refractivity contribution in [3.8, 4) is 0 Å². The van der Waals surface area contributed by atoms with Gasteiger partial charge in [0.05, 0.1) is 0 Å². The van der Waals surface area contributed by atoms with Crippen molar-refractivity contribution < 1.29 is 4.79 Å². The summed E-state index contributed by atoms with van der Waals surface area (Å²) in [6.45, 7) is 0. The van der Waals surface area contributed by atoms with Crippen LogP contribution in [0.15, 0.2) is 29.4 Å². The van der Waals surface area contributed by atoms with E-state index in [2.05, 4.69) is 10.5 Å². The Morgan fingerprint density at radius 3 is 2.83 bits per heavy atom. The van der Waals surface area contributed by atoms with Crippen molar-refractivity contribution in [1.29, 1.82) is 0 Å². The van der Waals surface area contributed by atoms with Gasteiger partial charge in [-0.3, -0.25) is 0 Å². The van der Waals surface area contributed by atoms with Crippen LogP contribution in [0.1, 0.15) is 0 Å². The normalized spacial score (nSPS) is 9.00. The number of benzene rings is 1. The Kier molecular flexibility index (Phi) is 2.37. The first-order valence-electron chi connectivity index (χ1n) is 3.22. The molecular weight excluding hydrogens is 158 g/mol. The molecule has 1 aromatic carbocycles. The van der Waals surface area contributed by atoms with Crippen LogP contribution in [0.5, 0.6) is 0 Å².